The Bertz CT molecular complexity index is 299. The molecule has 0 atom stereocenters. The minimum absolute atomic E-state index is 0. The lowest BCUT2D eigenvalue weighted by Crippen LogP contribution is -2.33. The lowest BCUT2D eigenvalue weighted by molar-refractivity contribution is 0.627. The second-order valence-corrected chi connectivity index (χ2v) is 2.96. The predicted octanol–water partition coefficient (Wildman–Crippen LogP) is 2.23. The molecule has 1 aliphatic rings. The van der Waals surface area contributed by atoms with Crippen molar-refractivity contribution in [2.45, 2.75) is 0 Å². The van der Waals surface area contributed by atoms with E-state index in [1.54, 1.807) is 12.1 Å². The van der Waals surface area contributed by atoms with Gasteiger partial charge in [-0.2, -0.15) is 0 Å². The van der Waals surface area contributed by atoms with Gasteiger partial charge in [0.05, 0.1) is 0 Å². The highest BCUT2D eigenvalue weighted by Crippen LogP contribution is 2.10. The van der Waals surface area contributed by atoms with Crippen molar-refractivity contribution in [1.82, 2.24) is 5.32 Å². The van der Waals surface area contributed by atoms with E-state index >= 15 is 0 Å². The van der Waals surface area contributed by atoms with E-state index in [-0.39, 0.29) is 18.2 Å². The number of rotatable bonds is 1. The standard InChI is InChI=1S/C10H10FN.ClH/c11-10-3-1-8(2-4-10)5-9-6-12-7-9;/h1-5,12H,6-7H2;1H. The molecule has 1 heterocycles. The normalized spacial score (nSPS) is 14.4. The number of benzene rings is 1. The highest BCUT2D eigenvalue weighted by Gasteiger charge is 2.05. The molecule has 0 radical (unpaired) electrons. The van der Waals surface area contributed by atoms with Gasteiger partial charge in [-0.15, -0.1) is 12.4 Å². The molecule has 2 rings (SSSR count). The van der Waals surface area contributed by atoms with E-state index in [9.17, 15) is 4.39 Å². The molecule has 0 aliphatic carbocycles. The number of hydrogen-bond acceptors (Lipinski definition) is 1. The van der Waals surface area contributed by atoms with Crippen LogP contribution in [-0.2, 0) is 0 Å². The highest BCUT2D eigenvalue weighted by molar-refractivity contribution is 5.85. The van der Waals surface area contributed by atoms with Crippen molar-refractivity contribution in [3.05, 3.63) is 41.2 Å². The Labute approximate surface area is 83.1 Å². The number of nitrogens with one attached hydrogen (secondary N) is 1. The van der Waals surface area contributed by atoms with E-state index in [2.05, 4.69) is 11.4 Å². The zero-order chi connectivity index (χ0) is 8.39. The van der Waals surface area contributed by atoms with Crippen LogP contribution in [0.15, 0.2) is 29.8 Å². The van der Waals surface area contributed by atoms with Crippen LogP contribution in [0.3, 0.4) is 0 Å². The smallest absolute Gasteiger partial charge is 0.123 e. The molecule has 0 bridgehead atoms. The van der Waals surface area contributed by atoms with Crippen LogP contribution in [0.4, 0.5) is 4.39 Å². The zero-order valence-electron chi connectivity index (χ0n) is 7.09. The monoisotopic (exact) mass is 199 g/mol. The molecule has 1 N–H and O–H groups in total. The van der Waals surface area contributed by atoms with Crippen LogP contribution < -0.4 is 5.32 Å². The molecule has 1 aromatic rings. The fourth-order valence-electron chi connectivity index (χ4n) is 1.17. The van der Waals surface area contributed by atoms with Gasteiger partial charge in [0, 0.05) is 13.1 Å². The molecule has 1 fully saturated rings. The fraction of sp³-hybridized carbons (Fsp3) is 0.200. The summed E-state index contributed by atoms with van der Waals surface area (Å²) in [6.07, 6.45) is 2.09. The minimum atomic E-state index is -0.177. The topological polar surface area (TPSA) is 12.0 Å². The summed E-state index contributed by atoms with van der Waals surface area (Å²) in [4.78, 5) is 0. The van der Waals surface area contributed by atoms with Crippen molar-refractivity contribution in [3.63, 3.8) is 0 Å². The second-order valence-electron chi connectivity index (χ2n) is 2.96. The largest absolute Gasteiger partial charge is 0.309 e. The van der Waals surface area contributed by atoms with Crippen molar-refractivity contribution in [2.75, 3.05) is 13.1 Å². The first kappa shape index (κ1) is 10.2. The van der Waals surface area contributed by atoms with Crippen LogP contribution in [0, 0.1) is 5.82 Å². The van der Waals surface area contributed by atoms with E-state index in [0.717, 1.165) is 18.7 Å². The molecule has 1 aliphatic heterocycles. The first-order valence-corrected chi connectivity index (χ1v) is 4.00. The van der Waals surface area contributed by atoms with Crippen LogP contribution in [0.25, 0.3) is 6.08 Å². The van der Waals surface area contributed by atoms with Crippen LogP contribution in [0.2, 0.25) is 0 Å². The van der Waals surface area contributed by atoms with E-state index < -0.39 is 0 Å². The molecule has 1 nitrogen and oxygen atoms in total. The Hall–Kier alpha value is -0.860. The summed E-state index contributed by atoms with van der Waals surface area (Å²) in [7, 11) is 0. The number of hydrogen-bond donors (Lipinski definition) is 1. The fourth-order valence-corrected chi connectivity index (χ4v) is 1.17. The Morgan fingerprint density at radius 3 is 2.23 bits per heavy atom. The van der Waals surface area contributed by atoms with Gasteiger partial charge >= 0.3 is 0 Å². The first-order chi connectivity index (χ1) is 5.84. The molecule has 0 amide bonds. The van der Waals surface area contributed by atoms with Crippen LogP contribution in [-0.4, -0.2) is 13.1 Å². The van der Waals surface area contributed by atoms with Gasteiger partial charge in [0.2, 0.25) is 0 Å². The molecule has 70 valence electrons. The van der Waals surface area contributed by atoms with E-state index in [4.69, 9.17) is 0 Å². The third-order valence-electron chi connectivity index (χ3n) is 1.94. The summed E-state index contributed by atoms with van der Waals surface area (Å²) in [6, 6.07) is 6.55. The van der Waals surface area contributed by atoms with Crippen molar-refractivity contribution in [3.8, 4) is 0 Å². The van der Waals surface area contributed by atoms with Gasteiger partial charge in [0.15, 0.2) is 0 Å². The molecule has 0 unspecified atom stereocenters. The highest BCUT2D eigenvalue weighted by atomic mass is 35.5. The number of halogens is 2. The molecule has 13 heavy (non-hydrogen) atoms. The Morgan fingerprint density at radius 1 is 1.15 bits per heavy atom. The SMILES string of the molecule is Cl.Fc1ccc(C=C2CNC2)cc1. The maximum absolute atomic E-state index is 12.5. The molecule has 0 saturated carbocycles. The molecular weight excluding hydrogens is 189 g/mol. The molecule has 1 saturated heterocycles. The Morgan fingerprint density at radius 2 is 1.77 bits per heavy atom. The summed E-state index contributed by atoms with van der Waals surface area (Å²) in [6.45, 7) is 1.94. The Kier molecular flexibility index (Phi) is 3.46. The summed E-state index contributed by atoms with van der Waals surface area (Å²) in [5, 5.41) is 3.15. The van der Waals surface area contributed by atoms with E-state index in [0.29, 0.717) is 0 Å². The third kappa shape index (κ3) is 2.54. The van der Waals surface area contributed by atoms with Crippen LogP contribution in [0.1, 0.15) is 5.56 Å². The van der Waals surface area contributed by atoms with Crippen LogP contribution in [0.5, 0.6) is 0 Å². The summed E-state index contributed by atoms with van der Waals surface area (Å²) >= 11 is 0. The van der Waals surface area contributed by atoms with Gasteiger partial charge < -0.3 is 5.32 Å². The maximum Gasteiger partial charge on any atom is 0.123 e. The van der Waals surface area contributed by atoms with Gasteiger partial charge in [-0.3, -0.25) is 0 Å². The van der Waals surface area contributed by atoms with Crippen LogP contribution >= 0.6 is 12.4 Å². The van der Waals surface area contributed by atoms with Gasteiger partial charge in [0.25, 0.3) is 0 Å². The van der Waals surface area contributed by atoms with Gasteiger partial charge in [-0.25, -0.2) is 4.39 Å². The quantitative estimate of drug-likeness (QED) is 0.732. The lowest BCUT2D eigenvalue weighted by atomic mass is 10.1. The third-order valence-corrected chi connectivity index (χ3v) is 1.94. The minimum Gasteiger partial charge on any atom is -0.309 e. The first-order valence-electron chi connectivity index (χ1n) is 4.00. The van der Waals surface area contributed by atoms with Crippen molar-refractivity contribution < 1.29 is 4.39 Å². The van der Waals surface area contributed by atoms with Crippen molar-refractivity contribution in [2.24, 2.45) is 0 Å². The van der Waals surface area contributed by atoms with E-state index in [1.807, 2.05) is 0 Å². The average Bonchev–Trinajstić information content (AvgIpc) is 2.00. The van der Waals surface area contributed by atoms with E-state index in [1.165, 1.54) is 17.7 Å². The predicted molar refractivity (Wildman–Crippen MR) is 54.5 cm³/mol. The zero-order valence-corrected chi connectivity index (χ0v) is 7.90. The molecule has 3 heteroatoms. The van der Waals surface area contributed by atoms with Gasteiger partial charge in [-0.1, -0.05) is 18.2 Å². The van der Waals surface area contributed by atoms with Gasteiger partial charge in [0.1, 0.15) is 5.82 Å². The van der Waals surface area contributed by atoms with Gasteiger partial charge in [-0.05, 0) is 23.3 Å². The van der Waals surface area contributed by atoms with Crippen molar-refractivity contribution in [1.29, 1.82) is 0 Å². The molecule has 0 spiro atoms. The summed E-state index contributed by atoms with van der Waals surface area (Å²) in [5.74, 6) is -0.177. The second kappa shape index (κ2) is 4.40. The molecular formula is C10H11ClFN. The summed E-state index contributed by atoms with van der Waals surface area (Å²) < 4.78 is 12.5. The molecule has 0 aromatic heterocycles. The van der Waals surface area contributed by atoms with Crippen molar-refractivity contribution >= 4 is 18.5 Å². The maximum atomic E-state index is 12.5. The average molecular weight is 200 g/mol. The summed E-state index contributed by atoms with van der Waals surface area (Å²) in [5.41, 5.74) is 2.45. The lowest BCUT2D eigenvalue weighted by Gasteiger charge is -2.18. The Balaban J connectivity index is 0.000000845. The molecule has 1 aromatic carbocycles.